The van der Waals surface area contributed by atoms with E-state index in [1.165, 1.54) is 19.3 Å². The Kier molecular flexibility index (Phi) is 7.09. The first-order valence-corrected chi connectivity index (χ1v) is 10.1. The van der Waals surface area contributed by atoms with Gasteiger partial charge in [-0.1, -0.05) is 54.8 Å². The summed E-state index contributed by atoms with van der Waals surface area (Å²) in [7, 11) is 3.73. The van der Waals surface area contributed by atoms with E-state index in [2.05, 4.69) is 17.1 Å². The van der Waals surface area contributed by atoms with Gasteiger partial charge in [-0.3, -0.25) is 4.79 Å². The number of amides is 1. The maximum atomic E-state index is 12.2. The molecule has 1 saturated carbocycles. The number of methoxy groups -OCH3 is 1. The number of nitrogens with zero attached hydrogens (tertiary/aromatic N) is 3. The second-order valence-corrected chi connectivity index (χ2v) is 7.52. The third kappa shape index (κ3) is 4.73. The molecule has 1 aromatic carbocycles. The highest BCUT2D eigenvalue weighted by Gasteiger charge is 2.28. The second kappa shape index (κ2) is 9.73. The maximum absolute atomic E-state index is 12.2. The van der Waals surface area contributed by atoms with Crippen molar-refractivity contribution in [2.45, 2.75) is 51.6 Å². The summed E-state index contributed by atoms with van der Waals surface area (Å²) in [4.78, 5) is 16.2. The van der Waals surface area contributed by atoms with Crippen LogP contribution >= 0.6 is 0 Å². The minimum Gasteiger partial charge on any atom is -0.383 e. The fourth-order valence-electron chi connectivity index (χ4n) is 3.92. The van der Waals surface area contributed by atoms with Crippen LogP contribution in [0.3, 0.4) is 0 Å². The van der Waals surface area contributed by atoms with E-state index in [1.807, 2.05) is 30.3 Å². The topological polar surface area (TPSA) is 58.8 Å². The molecule has 0 atom stereocenters. The van der Waals surface area contributed by atoms with Crippen molar-refractivity contribution in [3.05, 3.63) is 35.9 Å². The molecular weight excluding hydrogens is 354 g/mol. The Bertz CT molecular complexity index is 754. The van der Waals surface area contributed by atoms with E-state index >= 15 is 0 Å². The summed E-state index contributed by atoms with van der Waals surface area (Å²) in [6.45, 7) is 3.09. The molecule has 1 aliphatic carbocycles. The van der Waals surface area contributed by atoms with Crippen LogP contribution in [0.2, 0.25) is 0 Å². The second-order valence-electron chi connectivity index (χ2n) is 7.52. The molecule has 0 spiro atoms. The molecule has 6 nitrogen and oxygen atoms in total. The van der Waals surface area contributed by atoms with Crippen LogP contribution in [0.25, 0.3) is 11.3 Å². The first-order valence-electron chi connectivity index (χ1n) is 10.1. The van der Waals surface area contributed by atoms with E-state index in [1.54, 1.807) is 18.9 Å². The van der Waals surface area contributed by atoms with Crippen LogP contribution in [-0.4, -0.2) is 49.3 Å². The molecule has 1 aromatic heterocycles. The summed E-state index contributed by atoms with van der Waals surface area (Å²) in [5, 5.41) is 4.41. The highest BCUT2D eigenvalue weighted by Crippen LogP contribution is 2.35. The first-order chi connectivity index (χ1) is 13.6. The van der Waals surface area contributed by atoms with E-state index in [9.17, 15) is 4.79 Å². The van der Waals surface area contributed by atoms with E-state index < -0.39 is 0 Å². The highest BCUT2D eigenvalue weighted by atomic mass is 16.5. The van der Waals surface area contributed by atoms with Crippen LogP contribution in [0, 0.1) is 0 Å². The van der Waals surface area contributed by atoms with Crippen molar-refractivity contribution < 1.29 is 14.1 Å². The van der Waals surface area contributed by atoms with E-state index in [4.69, 9.17) is 9.26 Å². The fourth-order valence-corrected chi connectivity index (χ4v) is 3.92. The quantitative estimate of drug-likeness (QED) is 0.684. The van der Waals surface area contributed by atoms with Crippen molar-refractivity contribution in [3.8, 4) is 11.3 Å². The van der Waals surface area contributed by atoms with Crippen molar-refractivity contribution in [1.82, 2.24) is 10.1 Å². The number of carbonyl (C=O) groups excluding carboxylic acids is 1. The highest BCUT2D eigenvalue weighted by molar-refractivity contribution is 5.75. The Balaban J connectivity index is 1.95. The zero-order valence-electron chi connectivity index (χ0n) is 17.2. The largest absolute Gasteiger partial charge is 0.383 e. The molecule has 0 unspecified atom stereocenters. The number of anilines is 1. The molecule has 152 valence electrons. The van der Waals surface area contributed by atoms with Gasteiger partial charge >= 0.3 is 0 Å². The van der Waals surface area contributed by atoms with Crippen molar-refractivity contribution in [2.24, 2.45) is 0 Å². The van der Waals surface area contributed by atoms with Crippen LogP contribution < -0.4 is 4.90 Å². The van der Waals surface area contributed by atoms with Gasteiger partial charge < -0.3 is 19.1 Å². The van der Waals surface area contributed by atoms with Gasteiger partial charge in [0, 0.05) is 39.2 Å². The van der Waals surface area contributed by atoms with Gasteiger partial charge in [-0.25, -0.2) is 0 Å². The van der Waals surface area contributed by atoms with Gasteiger partial charge in [0.1, 0.15) is 5.69 Å². The molecule has 3 rings (SSSR count). The molecular formula is C22H31N3O3. The van der Waals surface area contributed by atoms with Crippen LogP contribution in [0.4, 0.5) is 5.88 Å². The Morgan fingerprint density at radius 3 is 2.57 bits per heavy atom. The number of aromatic nitrogens is 1. The molecule has 1 fully saturated rings. The van der Waals surface area contributed by atoms with Gasteiger partial charge in [0.05, 0.1) is 18.7 Å². The van der Waals surface area contributed by atoms with Gasteiger partial charge in [-0.15, -0.1) is 0 Å². The standard InChI is InChI=1S/C22H31N3O3/c1-17(26)25(14-15-27-3)16-20-21(18-10-6-4-7-11-18)23-28-22(20)24(2)19-12-8-5-9-13-19/h4,6-7,10-11,19H,5,8-9,12-16H2,1-3H3. The SMILES string of the molecule is COCCN(Cc1c(-c2ccccc2)noc1N(C)C1CCCCC1)C(C)=O. The van der Waals surface area contributed by atoms with Crippen molar-refractivity contribution in [2.75, 3.05) is 32.2 Å². The molecule has 1 heterocycles. The first kappa shape index (κ1) is 20.4. The molecule has 0 N–H and O–H groups in total. The zero-order valence-corrected chi connectivity index (χ0v) is 17.2. The van der Waals surface area contributed by atoms with Crippen molar-refractivity contribution in [3.63, 3.8) is 0 Å². The molecule has 0 bridgehead atoms. The Morgan fingerprint density at radius 2 is 1.93 bits per heavy atom. The van der Waals surface area contributed by atoms with Gasteiger partial charge in [0.15, 0.2) is 0 Å². The lowest BCUT2D eigenvalue weighted by Crippen LogP contribution is -2.35. The van der Waals surface area contributed by atoms with Crippen LogP contribution in [0.1, 0.15) is 44.6 Å². The normalized spacial score (nSPS) is 14.8. The third-order valence-corrected chi connectivity index (χ3v) is 5.62. The molecule has 1 amide bonds. The van der Waals surface area contributed by atoms with E-state index in [0.717, 1.165) is 35.5 Å². The summed E-state index contributed by atoms with van der Waals surface area (Å²) < 4.78 is 11.0. The molecule has 2 aromatic rings. The third-order valence-electron chi connectivity index (χ3n) is 5.62. The van der Waals surface area contributed by atoms with Gasteiger partial charge in [-0.2, -0.15) is 0 Å². The monoisotopic (exact) mass is 385 g/mol. The van der Waals surface area contributed by atoms with E-state index in [0.29, 0.717) is 25.7 Å². The summed E-state index contributed by atoms with van der Waals surface area (Å²) in [6, 6.07) is 10.5. The Labute approximate surface area is 167 Å². The minimum atomic E-state index is 0.0172. The van der Waals surface area contributed by atoms with Crippen LogP contribution in [0.15, 0.2) is 34.9 Å². The molecule has 1 aliphatic rings. The predicted molar refractivity (Wildman–Crippen MR) is 110 cm³/mol. The Morgan fingerprint density at radius 1 is 1.21 bits per heavy atom. The predicted octanol–water partition coefficient (Wildman–Crippen LogP) is 4.11. The molecule has 0 saturated heterocycles. The lowest BCUT2D eigenvalue weighted by Gasteiger charge is -2.31. The number of hydrogen-bond acceptors (Lipinski definition) is 5. The van der Waals surface area contributed by atoms with Gasteiger partial charge in [0.2, 0.25) is 11.8 Å². The molecule has 6 heteroatoms. The average Bonchev–Trinajstić information content (AvgIpc) is 3.15. The van der Waals surface area contributed by atoms with Crippen LogP contribution in [-0.2, 0) is 16.1 Å². The zero-order chi connectivity index (χ0) is 19.9. The number of hydrogen-bond donors (Lipinski definition) is 0. The maximum Gasteiger partial charge on any atom is 0.232 e. The average molecular weight is 386 g/mol. The number of carbonyl (C=O) groups is 1. The number of ether oxygens (including phenoxy) is 1. The molecule has 28 heavy (non-hydrogen) atoms. The van der Waals surface area contributed by atoms with Gasteiger partial charge in [0.25, 0.3) is 0 Å². The number of rotatable bonds is 8. The summed E-state index contributed by atoms with van der Waals surface area (Å²) in [5.41, 5.74) is 2.77. The summed E-state index contributed by atoms with van der Waals surface area (Å²) in [5.74, 6) is 0.790. The van der Waals surface area contributed by atoms with Crippen molar-refractivity contribution in [1.29, 1.82) is 0 Å². The fraction of sp³-hybridized carbons (Fsp3) is 0.545. The minimum absolute atomic E-state index is 0.0172. The number of benzene rings is 1. The van der Waals surface area contributed by atoms with Gasteiger partial charge in [-0.05, 0) is 12.8 Å². The van der Waals surface area contributed by atoms with Crippen molar-refractivity contribution >= 4 is 11.8 Å². The molecule has 0 aliphatic heterocycles. The summed E-state index contributed by atoms with van der Waals surface area (Å²) in [6.07, 6.45) is 6.13. The molecule has 0 radical (unpaired) electrons. The lowest BCUT2D eigenvalue weighted by molar-refractivity contribution is -0.130. The Hall–Kier alpha value is -2.34. The van der Waals surface area contributed by atoms with Crippen LogP contribution in [0.5, 0.6) is 0 Å². The summed E-state index contributed by atoms with van der Waals surface area (Å²) >= 11 is 0. The smallest absolute Gasteiger partial charge is 0.232 e. The van der Waals surface area contributed by atoms with E-state index in [-0.39, 0.29) is 5.91 Å². The lowest BCUT2D eigenvalue weighted by atomic mass is 9.94.